The maximum atomic E-state index is 16.9. The van der Waals surface area contributed by atoms with E-state index in [-0.39, 0.29) is 70.4 Å². The van der Waals surface area contributed by atoms with Crippen molar-refractivity contribution in [1.82, 2.24) is 15.1 Å². The number of halogens is 3. The number of fused-ring (bicyclic) bond motifs is 3. The molecule has 222 valence electrons. The monoisotopic (exact) mass is 607 g/mol. The van der Waals surface area contributed by atoms with E-state index in [1.807, 2.05) is 30.3 Å². The Morgan fingerprint density at radius 3 is 2.72 bits per heavy atom. The number of aryl methyl sites for hydroxylation is 1. The number of β-amino-alcohol motifs (C(OH)–C–C–N with tert-alkyl or cyclic N) is 1. The Morgan fingerprint density at radius 2 is 2.02 bits per heavy atom. The van der Waals surface area contributed by atoms with E-state index < -0.39 is 23.1 Å². The molecule has 1 amide bonds. The highest BCUT2D eigenvalue weighted by Gasteiger charge is 2.50. The minimum absolute atomic E-state index is 0.0225. The van der Waals surface area contributed by atoms with Gasteiger partial charge < -0.3 is 30.5 Å². The quantitative estimate of drug-likeness (QED) is 0.285. The van der Waals surface area contributed by atoms with Crippen LogP contribution in [0.3, 0.4) is 0 Å². The molecule has 1 aromatic heterocycles. The van der Waals surface area contributed by atoms with E-state index >= 15 is 8.78 Å². The number of carbonyl (C=O) groups excluding carboxylic acids is 1. The number of benzene rings is 3. The number of hydrogen-bond acceptors (Lipinski definition) is 7. The number of hydrogen-bond donors (Lipinski definition) is 3. The molecule has 3 aliphatic rings. The molecule has 1 fully saturated rings. The minimum Gasteiger partial charge on any atom is -0.480 e. The van der Waals surface area contributed by atoms with Gasteiger partial charge in [-0.25, -0.2) is 8.78 Å². The Bertz CT molecular complexity index is 1780. The van der Waals surface area contributed by atoms with Crippen LogP contribution in [0.5, 0.6) is 17.4 Å². The lowest BCUT2D eigenvalue weighted by Crippen LogP contribution is -2.48. The molecule has 3 aliphatic heterocycles. The number of aromatic nitrogens is 2. The van der Waals surface area contributed by atoms with Gasteiger partial charge in [-0.2, -0.15) is 0 Å². The highest BCUT2D eigenvalue weighted by molar-refractivity contribution is 6.34. The number of aliphatic hydroxyl groups excluding tert-OH is 1. The molecular formula is C31H28ClF2N5O4. The smallest absolute Gasteiger partial charge is 0.262 e. The van der Waals surface area contributed by atoms with Crippen LogP contribution in [0.1, 0.15) is 34.3 Å². The number of nitrogens with zero attached hydrogens (tertiary/aromatic N) is 3. The predicted molar refractivity (Wildman–Crippen MR) is 156 cm³/mol. The molecule has 4 N–H and O–H groups in total. The van der Waals surface area contributed by atoms with Crippen molar-refractivity contribution < 1.29 is 28.2 Å². The number of ether oxygens (including phenoxy) is 2. The minimum atomic E-state index is -0.962. The second kappa shape index (κ2) is 10.2. The first kappa shape index (κ1) is 27.6. The summed E-state index contributed by atoms with van der Waals surface area (Å²) < 4.78 is 46.5. The molecule has 12 heteroatoms. The Balaban J connectivity index is 1.46. The van der Waals surface area contributed by atoms with Crippen LogP contribution in [-0.2, 0) is 19.1 Å². The van der Waals surface area contributed by atoms with Gasteiger partial charge in [0.2, 0.25) is 5.91 Å². The van der Waals surface area contributed by atoms with Crippen LogP contribution in [0.2, 0.25) is 5.02 Å². The van der Waals surface area contributed by atoms with Crippen LogP contribution in [0, 0.1) is 11.6 Å². The lowest BCUT2D eigenvalue weighted by molar-refractivity contribution is 0.0539. The van der Waals surface area contributed by atoms with Crippen LogP contribution >= 0.6 is 11.6 Å². The van der Waals surface area contributed by atoms with E-state index in [2.05, 4.69) is 10.4 Å². The van der Waals surface area contributed by atoms with Crippen molar-refractivity contribution in [3.8, 4) is 28.5 Å². The zero-order valence-electron chi connectivity index (χ0n) is 23.2. The molecule has 7 rings (SSSR count). The molecule has 0 radical (unpaired) electrons. The maximum absolute atomic E-state index is 16.9. The van der Waals surface area contributed by atoms with Gasteiger partial charge in [-0.15, -0.1) is 5.10 Å². The largest absolute Gasteiger partial charge is 0.480 e. The second-order valence-electron chi connectivity index (χ2n) is 11.0. The summed E-state index contributed by atoms with van der Waals surface area (Å²) in [7, 11) is 1.67. The Morgan fingerprint density at radius 1 is 1.23 bits per heavy atom. The molecule has 3 aromatic carbocycles. The molecular weight excluding hydrogens is 580 g/mol. The average Bonchev–Trinajstić information content (AvgIpc) is 3.74. The van der Waals surface area contributed by atoms with Gasteiger partial charge in [0.25, 0.3) is 5.88 Å². The van der Waals surface area contributed by atoms with Crippen molar-refractivity contribution in [3.63, 3.8) is 0 Å². The molecule has 0 aliphatic carbocycles. The van der Waals surface area contributed by atoms with E-state index in [1.165, 1.54) is 16.8 Å². The lowest BCUT2D eigenvalue weighted by atomic mass is 9.80. The van der Waals surface area contributed by atoms with Crippen molar-refractivity contribution in [1.29, 1.82) is 0 Å². The topological polar surface area (TPSA) is 115 Å². The van der Waals surface area contributed by atoms with Gasteiger partial charge in [0, 0.05) is 42.8 Å². The molecule has 4 heterocycles. The normalized spacial score (nSPS) is 20.3. The average molecular weight is 608 g/mol. The summed E-state index contributed by atoms with van der Waals surface area (Å²) in [5.41, 5.74) is 6.34. The highest BCUT2D eigenvalue weighted by Crippen LogP contribution is 2.55. The number of rotatable bonds is 6. The summed E-state index contributed by atoms with van der Waals surface area (Å²) in [6, 6.07) is 12.1. The summed E-state index contributed by atoms with van der Waals surface area (Å²) in [4.78, 5) is 14.5. The molecule has 1 saturated heterocycles. The number of nitrogens with two attached hydrogens (primary N) is 1. The maximum Gasteiger partial charge on any atom is 0.262 e. The van der Waals surface area contributed by atoms with E-state index in [4.69, 9.17) is 26.8 Å². The van der Waals surface area contributed by atoms with Gasteiger partial charge in [0.15, 0.2) is 17.2 Å². The van der Waals surface area contributed by atoms with Gasteiger partial charge in [-0.3, -0.25) is 9.48 Å². The fourth-order valence-corrected chi connectivity index (χ4v) is 6.92. The molecule has 0 unspecified atom stereocenters. The van der Waals surface area contributed by atoms with Gasteiger partial charge in [-0.1, -0.05) is 41.9 Å². The van der Waals surface area contributed by atoms with E-state index in [0.717, 1.165) is 24.9 Å². The van der Waals surface area contributed by atoms with Crippen LogP contribution in [0.15, 0.2) is 48.7 Å². The van der Waals surface area contributed by atoms with E-state index in [0.29, 0.717) is 11.3 Å². The van der Waals surface area contributed by atoms with Crippen molar-refractivity contribution in [3.05, 3.63) is 82.0 Å². The first-order valence-corrected chi connectivity index (χ1v) is 14.4. The lowest BCUT2D eigenvalue weighted by Gasteiger charge is -2.35. The highest BCUT2D eigenvalue weighted by atomic mass is 35.5. The van der Waals surface area contributed by atoms with Crippen LogP contribution in [-0.4, -0.2) is 46.5 Å². The zero-order valence-corrected chi connectivity index (χ0v) is 23.9. The van der Waals surface area contributed by atoms with Crippen molar-refractivity contribution >= 4 is 28.9 Å². The molecule has 43 heavy (non-hydrogen) atoms. The van der Waals surface area contributed by atoms with Crippen molar-refractivity contribution in [2.45, 2.75) is 30.9 Å². The molecule has 0 saturated carbocycles. The van der Waals surface area contributed by atoms with Crippen LogP contribution in [0.4, 0.5) is 20.2 Å². The second-order valence-corrected chi connectivity index (χ2v) is 11.4. The summed E-state index contributed by atoms with van der Waals surface area (Å²) in [5.74, 6) is -2.68. The number of aliphatic hydroxyl groups is 1. The fourth-order valence-electron chi connectivity index (χ4n) is 6.66. The van der Waals surface area contributed by atoms with Gasteiger partial charge in [0.1, 0.15) is 17.3 Å². The summed E-state index contributed by atoms with van der Waals surface area (Å²) >= 11 is 6.64. The van der Waals surface area contributed by atoms with Gasteiger partial charge in [-0.05, 0) is 31.0 Å². The number of amides is 1. The first-order chi connectivity index (χ1) is 20.7. The number of primary amides is 1. The molecule has 2 atom stereocenters. The number of carbonyl (C=O) groups is 1. The molecule has 9 nitrogen and oxygen atoms in total. The standard InChI is InChI=1S/C31H28ClF2N5O4/c1-38-15-21-30(37-38)42-28-20(39(21)10-11-40)12-17(29(35)41)25(27(28)34)24-18-14-31(23-8-5-9-36-23,16-6-3-2-4-7-16)43-22(18)13-19(33)26(24)32/h2-4,6-7,12-13,15,23,36,40H,5,8-11,14H2,1H3,(H2,35,41)/t23-,31-/m0/s1. The summed E-state index contributed by atoms with van der Waals surface area (Å²) in [5, 5.41) is 17.2. The molecule has 0 bridgehead atoms. The van der Waals surface area contributed by atoms with Crippen LogP contribution < -0.4 is 25.4 Å². The first-order valence-electron chi connectivity index (χ1n) is 14.0. The Labute approximate surface area is 250 Å². The summed E-state index contributed by atoms with van der Waals surface area (Å²) in [6.45, 7) is 0.577. The predicted octanol–water partition coefficient (Wildman–Crippen LogP) is 4.94. The zero-order chi connectivity index (χ0) is 30.0. The fraction of sp³-hybridized carbons (Fsp3) is 0.290. The number of nitrogens with one attached hydrogen (secondary N) is 1. The van der Waals surface area contributed by atoms with Gasteiger partial charge >= 0.3 is 0 Å². The summed E-state index contributed by atoms with van der Waals surface area (Å²) in [6.07, 6.45) is 3.63. The third-order valence-electron chi connectivity index (χ3n) is 8.50. The van der Waals surface area contributed by atoms with E-state index in [9.17, 15) is 9.90 Å². The van der Waals surface area contributed by atoms with Gasteiger partial charge in [0.05, 0.1) is 35.1 Å². The molecule has 4 aromatic rings. The Kier molecular flexibility index (Phi) is 6.57. The van der Waals surface area contributed by atoms with Crippen molar-refractivity contribution in [2.24, 2.45) is 12.8 Å². The van der Waals surface area contributed by atoms with E-state index in [1.54, 1.807) is 18.1 Å². The van der Waals surface area contributed by atoms with Crippen molar-refractivity contribution in [2.75, 3.05) is 24.6 Å². The SMILES string of the molecule is Cn1cc2c(n1)Oc1c(cc(C(N)=O)c(-c3c(Cl)c(F)cc4c3C[C@](c3ccccc3)([C@@H]3CCCN3)O4)c1F)N2CCO. The third-order valence-corrected chi connectivity index (χ3v) is 8.87. The van der Waals surface area contributed by atoms with Crippen LogP contribution in [0.25, 0.3) is 11.1 Å². The number of anilines is 2. The third kappa shape index (κ3) is 4.17. The Hall–Kier alpha value is -4.19. The molecule has 0 spiro atoms.